The fourth-order valence-electron chi connectivity index (χ4n) is 5.16. The number of allylic oxidation sites excluding steroid dienone is 3. The molecule has 0 aromatic rings. The Morgan fingerprint density at radius 1 is 1.11 bits per heavy atom. The standard InChI is InChI=1S/C21H30N4O2.HI/c1-22-21(23-10-9-14-5-3-2-4-6-14)24-11-12-25-19(26)17-15-7-8-16(13-15)18(17)20(25)27;/h5,7-8,15-18H,2-4,6,9-13H2,1H3,(H2,22,23,24);1H. The number of halogens is 1. The van der Waals surface area contributed by atoms with Crippen LogP contribution in [0.3, 0.4) is 0 Å². The number of hydrogen-bond acceptors (Lipinski definition) is 3. The molecule has 0 spiro atoms. The van der Waals surface area contributed by atoms with Gasteiger partial charge in [0.2, 0.25) is 11.8 Å². The molecule has 154 valence electrons. The molecule has 4 atom stereocenters. The van der Waals surface area contributed by atoms with Crippen molar-refractivity contribution < 1.29 is 9.59 Å². The molecular formula is C21H31IN4O2. The van der Waals surface area contributed by atoms with Gasteiger partial charge in [-0.05, 0) is 50.4 Å². The quantitative estimate of drug-likeness (QED) is 0.194. The van der Waals surface area contributed by atoms with Gasteiger partial charge < -0.3 is 10.6 Å². The molecule has 0 aromatic heterocycles. The summed E-state index contributed by atoms with van der Waals surface area (Å²) in [5.41, 5.74) is 1.53. The predicted molar refractivity (Wildman–Crippen MR) is 120 cm³/mol. The number of carbonyl (C=O) groups is 2. The van der Waals surface area contributed by atoms with Gasteiger partial charge in [-0.3, -0.25) is 19.5 Å². The molecule has 28 heavy (non-hydrogen) atoms. The van der Waals surface area contributed by atoms with Crippen LogP contribution in [0.4, 0.5) is 0 Å². The molecule has 2 fully saturated rings. The second-order valence-corrected chi connectivity index (χ2v) is 8.11. The zero-order valence-electron chi connectivity index (χ0n) is 16.5. The van der Waals surface area contributed by atoms with Gasteiger partial charge >= 0.3 is 0 Å². The molecule has 1 heterocycles. The zero-order chi connectivity index (χ0) is 18.8. The van der Waals surface area contributed by atoms with E-state index in [-0.39, 0.29) is 59.5 Å². The predicted octanol–water partition coefficient (Wildman–Crippen LogP) is 2.47. The number of aliphatic imine (C=N–C) groups is 1. The lowest BCUT2D eigenvalue weighted by molar-refractivity contribution is -0.140. The second-order valence-electron chi connectivity index (χ2n) is 8.11. The molecule has 4 rings (SSSR count). The minimum absolute atomic E-state index is 0. The number of nitrogens with zero attached hydrogens (tertiary/aromatic N) is 2. The molecule has 1 aliphatic heterocycles. The summed E-state index contributed by atoms with van der Waals surface area (Å²) in [4.78, 5) is 31.0. The van der Waals surface area contributed by atoms with Gasteiger partial charge in [-0.25, -0.2) is 0 Å². The molecule has 2 amide bonds. The lowest BCUT2D eigenvalue weighted by atomic mass is 9.85. The van der Waals surface area contributed by atoms with Crippen molar-refractivity contribution in [2.75, 3.05) is 26.7 Å². The van der Waals surface area contributed by atoms with Crippen LogP contribution in [0.15, 0.2) is 28.8 Å². The first-order chi connectivity index (χ1) is 13.2. The van der Waals surface area contributed by atoms with Gasteiger partial charge in [-0.1, -0.05) is 23.8 Å². The third kappa shape index (κ3) is 4.14. The van der Waals surface area contributed by atoms with E-state index in [0.29, 0.717) is 13.1 Å². The van der Waals surface area contributed by atoms with E-state index in [0.717, 1.165) is 25.3 Å². The van der Waals surface area contributed by atoms with Crippen molar-refractivity contribution in [3.05, 3.63) is 23.8 Å². The molecule has 2 N–H and O–H groups in total. The van der Waals surface area contributed by atoms with Gasteiger partial charge in [0.15, 0.2) is 5.96 Å². The van der Waals surface area contributed by atoms with Crippen LogP contribution in [0.1, 0.15) is 38.5 Å². The Labute approximate surface area is 184 Å². The highest BCUT2D eigenvalue weighted by Gasteiger charge is 2.58. The van der Waals surface area contributed by atoms with Gasteiger partial charge in [0.25, 0.3) is 0 Å². The summed E-state index contributed by atoms with van der Waals surface area (Å²) >= 11 is 0. The number of hydrogen-bond donors (Lipinski definition) is 2. The molecule has 3 aliphatic carbocycles. The topological polar surface area (TPSA) is 73.8 Å². The number of amides is 2. The van der Waals surface area contributed by atoms with E-state index in [1.54, 1.807) is 7.05 Å². The van der Waals surface area contributed by atoms with E-state index < -0.39 is 0 Å². The third-order valence-corrected chi connectivity index (χ3v) is 6.54. The van der Waals surface area contributed by atoms with Crippen LogP contribution in [0, 0.1) is 23.7 Å². The van der Waals surface area contributed by atoms with Crippen LogP contribution in [0.2, 0.25) is 0 Å². The van der Waals surface area contributed by atoms with Gasteiger partial charge in [0.05, 0.1) is 11.8 Å². The van der Waals surface area contributed by atoms with E-state index >= 15 is 0 Å². The number of carbonyl (C=O) groups excluding carboxylic acids is 2. The summed E-state index contributed by atoms with van der Waals surface area (Å²) in [6.07, 6.45) is 13.7. The van der Waals surface area contributed by atoms with Crippen LogP contribution in [0.5, 0.6) is 0 Å². The van der Waals surface area contributed by atoms with E-state index in [9.17, 15) is 9.59 Å². The van der Waals surface area contributed by atoms with Gasteiger partial charge in [0, 0.05) is 26.7 Å². The van der Waals surface area contributed by atoms with Gasteiger partial charge in [-0.2, -0.15) is 0 Å². The van der Waals surface area contributed by atoms with Gasteiger partial charge in [0.1, 0.15) is 0 Å². The largest absolute Gasteiger partial charge is 0.356 e. The van der Waals surface area contributed by atoms with Gasteiger partial charge in [-0.15, -0.1) is 24.0 Å². The SMILES string of the molecule is CN=C(NCCC1=CCCCC1)NCCN1C(=O)C2C3C=CC(C3)C2C1=O.I. The Bertz CT molecular complexity index is 673. The molecule has 1 saturated heterocycles. The maximum Gasteiger partial charge on any atom is 0.233 e. The first-order valence-electron chi connectivity index (χ1n) is 10.3. The average molecular weight is 498 g/mol. The minimum atomic E-state index is -0.103. The molecule has 4 aliphatic rings. The maximum absolute atomic E-state index is 12.7. The lowest BCUT2D eigenvalue weighted by Crippen LogP contribution is -2.44. The Morgan fingerprint density at radius 3 is 2.39 bits per heavy atom. The van der Waals surface area contributed by atoms with Crippen molar-refractivity contribution in [2.24, 2.45) is 28.7 Å². The van der Waals surface area contributed by atoms with Crippen molar-refractivity contribution >= 4 is 41.8 Å². The molecule has 0 aromatic carbocycles. The number of guanidine groups is 1. The maximum atomic E-state index is 12.7. The normalized spacial score (nSPS) is 31.0. The summed E-state index contributed by atoms with van der Waals surface area (Å²) < 4.78 is 0. The van der Waals surface area contributed by atoms with Crippen LogP contribution >= 0.6 is 24.0 Å². The highest BCUT2D eigenvalue weighted by atomic mass is 127. The highest BCUT2D eigenvalue weighted by Crippen LogP contribution is 2.52. The molecular weight excluding hydrogens is 467 g/mol. The van der Waals surface area contributed by atoms with Crippen molar-refractivity contribution in [1.29, 1.82) is 0 Å². The van der Waals surface area contributed by atoms with Crippen LogP contribution in [-0.2, 0) is 9.59 Å². The van der Waals surface area contributed by atoms with E-state index in [2.05, 4.69) is 33.9 Å². The molecule has 1 saturated carbocycles. The number of imide groups is 1. The van der Waals surface area contributed by atoms with Crippen molar-refractivity contribution in [3.63, 3.8) is 0 Å². The Morgan fingerprint density at radius 2 is 1.79 bits per heavy atom. The summed E-state index contributed by atoms with van der Waals surface area (Å²) in [5, 5.41) is 6.56. The third-order valence-electron chi connectivity index (χ3n) is 6.54. The summed E-state index contributed by atoms with van der Waals surface area (Å²) in [6, 6.07) is 0. The molecule has 7 heteroatoms. The molecule has 4 unspecified atom stereocenters. The molecule has 6 nitrogen and oxygen atoms in total. The van der Waals surface area contributed by atoms with Crippen LogP contribution in [-0.4, -0.2) is 49.4 Å². The first kappa shape index (κ1) is 21.3. The number of nitrogens with one attached hydrogen (secondary N) is 2. The van der Waals surface area contributed by atoms with Crippen molar-refractivity contribution in [1.82, 2.24) is 15.5 Å². The Hall–Kier alpha value is -1.38. The van der Waals surface area contributed by atoms with Crippen LogP contribution in [0.25, 0.3) is 0 Å². The fourth-order valence-corrected chi connectivity index (χ4v) is 5.16. The van der Waals surface area contributed by atoms with Crippen LogP contribution < -0.4 is 10.6 Å². The monoisotopic (exact) mass is 498 g/mol. The zero-order valence-corrected chi connectivity index (χ0v) is 18.9. The number of fused-ring (bicyclic) bond motifs is 5. The van der Waals surface area contributed by atoms with E-state index in [1.165, 1.54) is 36.2 Å². The van der Waals surface area contributed by atoms with E-state index in [4.69, 9.17) is 0 Å². The molecule has 2 bridgehead atoms. The Kier molecular flexibility index (Phi) is 7.17. The second kappa shape index (κ2) is 9.41. The lowest BCUT2D eigenvalue weighted by Gasteiger charge is -2.19. The highest BCUT2D eigenvalue weighted by molar-refractivity contribution is 14.0. The summed E-state index contributed by atoms with van der Waals surface area (Å²) in [6.45, 7) is 1.80. The summed E-state index contributed by atoms with van der Waals surface area (Å²) in [7, 11) is 1.75. The van der Waals surface area contributed by atoms with E-state index in [1.807, 2.05) is 0 Å². The summed E-state index contributed by atoms with van der Waals surface area (Å²) in [5.74, 6) is 1.12. The average Bonchev–Trinajstić information content (AvgIpc) is 3.37. The Balaban J connectivity index is 0.00000225. The van der Waals surface area contributed by atoms with Crippen molar-refractivity contribution in [2.45, 2.75) is 38.5 Å². The number of likely N-dealkylation sites (tertiary alicyclic amines) is 1. The fraction of sp³-hybridized carbons (Fsp3) is 0.667. The van der Waals surface area contributed by atoms with Crippen molar-refractivity contribution in [3.8, 4) is 0 Å². The smallest absolute Gasteiger partial charge is 0.233 e. The molecule has 0 radical (unpaired) electrons. The minimum Gasteiger partial charge on any atom is -0.356 e. The number of rotatable bonds is 6. The first-order valence-corrected chi connectivity index (χ1v) is 10.3.